The van der Waals surface area contributed by atoms with E-state index in [0.29, 0.717) is 5.02 Å². The number of nitrogens with one attached hydrogen (secondary N) is 1. The van der Waals surface area contributed by atoms with Crippen LogP contribution in [0.4, 0.5) is 5.82 Å². The summed E-state index contributed by atoms with van der Waals surface area (Å²) in [6.45, 7) is 3.48. The Balaban J connectivity index is 1.79. The Morgan fingerprint density at radius 3 is 2.64 bits per heavy atom. The van der Waals surface area contributed by atoms with Crippen molar-refractivity contribution in [2.75, 3.05) is 24.2 Å². The molecular formula is C17H21ClN4O2S. The Hall–Kier alpha value is -1.70. The Kier molecular flexibility index (Phi) is 5.27. The van der Waals surface area contributed by atoms with E-state index in [1.165, 1.54) is 6.26 Å². The van der Waals surface area contributed by atoms with Crippen LogP contribution in [0.2, 0.25) is 5.02 Å². The summed E-state index contributed by atoms with van der Waals surface area (Å²) in [7, 11) is -3.17. The van der Waals surface area contributed by atoms with Gasteiger partial charge in [0.25, 0.3) is 0 Å². The maximum Gasteiger partial charge on any atom is 0.208 e. The van der Waals surface area contributed by atoms with Gasteiger partial charge in [0, 0.05) is 37.1 Å². The third-order valence-corrected chi connectivity index (χ3v) is 5.37. The average molecular weight is 381 g/mol. The molecule has 1 fully saturated rings. The van der Waals surface area contributed by atoms with E-state index >= 15 is 0 Å². The summed E-state index contributed by atoms with van der Waals surface area (Å²) in [5.41, 5.74) is 2.77. The van der Waals surface area contributed by atoms with Crippen molar-refractivity contribution in [3.63, 3.8) is 0 Å². The smallest absolute Gasteiger partial charge is 0.208 e. The standard InChI is InChI=1S/C17H21ClN4O2S/c1-12-4-3-7-19-17(12)14-10-16(20-11-15(14)18)22-8-5-13(6-9-22)21-25(2,23)24/h3-4,7,10-11,13,21H,5-6,8-9H2,1-2H3. The number of nitrogens with zero attached hydrogens (tertiary/aromatic N) is 3. The number of halogens is 1. The minimum Gasteiger partial charge on any atom is -0.356 e. The van der Waals surface area contributed by atoms with Gasteiger partial charge in [0.15, 0.2) is 0 Å². The first-order chi connectivity index (χ1) is 11.8. The summed E-state index contributed by atoms with van der Waals surface area (Å²) in [5.74, 6) is 0.835. The van der Waals surface area contributed by atoms with Gasteiger partial charge in [-0.1, -0.05) is 17.7 Å². The Morgan fingerprint density at radius 2 is 2.00 bits per heavy atom. The Bertz CT molecular complexity index is 865. The minimum atomic E-state index is -3.17. The van der Waals surface area contributed by atoms with E-state index in [9.17, 15) is 8.42 Å². The molecule has 0 atom stereocenters. The maximum absolute atomic E-state index is 11.4. The van der Waals surface area contributed by atoms with Crippen LogP contribution in [0.5, 0.6) is 0 Å². The lowest BCUT2D eigenvalue weighted by Crippen LogP contribution is -2.44. The van der Waals surface area contributed by atoms with Crippen molar-refractivity contribution in [1.29, 1.82) is 0 Å². The average Bonchev–Trinajstić information content (AvgIpc) is 2.55. The monoisotopic (exact) mass is 380 g/mol. The second-order valence-corrected chi connectivity index (χ2v) is 8.53. The largest absolute Gasteiger partial charge is 0.356 e. The van der Waals surface area contributed by atoms with Crippen molar-refractivity contribution >= 4 is 27.4 Å². The summed E-state index contributed by atoms with van der Waals surface area (Å²) in [4.78, 5) is 11.0. The molecule has 3 rings (SSSR count). The molecule has 8 heteroatoms. The van der Waals surface area contributed by atoms with Gasteiger partial charge in [-0.2, -0.15) is 0 Å². The summed E-state index contributed by atoms with van der Waals surface area (Å²) in [6.07, 6.45) is 6.09. The molecule has 134 valence electrons. The summed E-state index contributed by atoms with van der Waals surface area (Å²) < 4.78 is 25.4. The van der Waals surface area contributed by atoms with E-state index < -0.39 is 10.0 Å². The van der Waals surface area contributed by atoms with Crippen LogP contribution in [0.1, 0.15) is 18.4 Å². The van der Waals surface area contributed by atoms with Crippen LogP contribution in [0.3, 0.4) is 0 Å². The van der Waals surface area contributed by atoms with Crippen LogP contribution in [-0.4, -0.2) is 43.8 Å². The zero-order valence-corrected chi connectivity index (χ0v) is 15.8. The molecule has 2 aromatic rings. The number of anilines is 1. The summed E-state index contributed by atoms with van der Waals surface area (Å²) >= 11 is 6.34. The fourth-order valence-electron chi connectivity index (χ4n) is 3.08. The van der Waals surface area contributed by atoms with Crippen molar-refractivity contribution in [2.45, 2.75) is 25.8 Å². The van der Waals surface area contributed by atoms with Gasteiger partial charge < -0.3 is 4.90 Å². The maximum atomic E-state index is 11.4. The minimum absolute atomic E-state index is 0.0175. The van der Waals surface area contributed by atoms with Gasteiger partial charge in [-0.05, 0) is 37.5 Å². The molecule has 0 aromatic carbocycles. The molecule has 0 amide bonds. The van der Waals surface area contributed by atoms with Crippen molar-refractivity contribution in [2.24, 2.45) is 0 Å². The molecule has 1 N–H and O–H groups in total. The molecule has 0 unspecified atom stereocenters. The van der Waals surface area contributed by atoms with Gasteiger partial charge in [-0.25, -0.2) is 18.1 Å². The fraction of sp³-hybridized carbons (Fsp3) is 0.412. The first-order valence-electron chi connectivity index (χ1n) is 8.13. The van der Waals surface area contributed by atoms with E-state index in [0.717, 1.165) is 48.6 Å². The molecule has 0 bridgehead atoms. The van der Waals surface area contributed by atoms with Crippen LogP contribution in [-0.2, 0) is 10.0 Å². The third kappa shape index (κ3) is 4.48. The van der Waals surface area contributed by atoms with Gasteiger partial charge in [0.2, 0.25) is 10.0 Å². The molecule has 0 spiro atoms. The SMILES string of the molecule is Cc1cccnc1-c1cc(N2CCC(NS(C)(=O)=O)CC2)ncc1Cl. The van der Waals surface area contributed by atoms with Gasteiger partial charge in [-0.15, -0.1) is 0 Å². The van der Waals surface area contributed by atoms with Gasteiger partial charge in [0.05, 0.1) is 17.0 Å². The lowest BCUT2D eigenvalue weighted by Gasteiger charge is -2.33. The number of aromatic nitrogens is 2. The number of sulfonamides is 1. The van der Waals surface area contributed by atoms with Crippen LogP contribution in [0.15, 0.2) is 30.6 Å². The van der Waals surface area contributed by atoms with E-state index in [1.54, 1.807) is 12.4 Å². The first-order valence-corrected chi connectivity index (χ1v) is 10.4. The highest BCUT2D eigenvalue weighted by molar-refractivity contribution is 7.88. The first kappa shape index (κ1) is 18.1. The highest BCUT2D eigenvalue weighted by Gasteiger charge is 2.23. The number of rotatable bonds is 4. The third-order valence-electron chi connectivity index (χ3n) is 4.31. The predicted molar refractivity (Wildman–Crippen MR) is 100 cm³/mol. The lowest BCUT2D eigenvalue weighted by molar-refractivity contribution is 0.460. The molecule has 2 aromatic heterocycles. The number of aryl methyl sites for hydroxylation is 1. The molecule has 25 heavy (non-hydrogen) atoms. The number of piperidine rings is 1. The molecule has 1 aliphatic rings. The zero-order valence-electron chi connectivity index (χ0n) is 14.2. The fourth-order valence-corrected chi connectivity index (χ4v) is 4.11. The highest BCUT2D eigenvalue weighted by atomic mass is 35.5. The molecule has 1 saturated heterocycles. The van der Waals surface area contributed by atoms with Gasteiger partial charge in [-0.3, -0.25) is 4.98 Å². The topological polar surface area (TPSA) is 75.2 Å². The van der Waals surface area contributed by atoms with E-state index in [4.69, 9.17) is 11.6 Å². The van der Waals surface area contributed by atoms with Crippen molar-refractivity contribution in [3.05, 3.63) is 41.2 Å². The Morgan fingerprint density at radius 1 is 1.28 bits per heavy atom. The Labute approximate surface area is 153 Å². The molecule has 0 radical (unpaired) electrons. The molecule has 1 aliphatic heterocycles. The highest BCUT2D eigenvalue weighted by Crippen LogP contribution is 2.31. The van der Waals surface area contributed by atoms with E-state index in [1.807, 2.05) is 25.1 Å². The van der Waals surface area contributed by atoms with Crippen molar-refractivity contribution < 1.29 is 8.42 Å². The second kappa shape index (κ2) is 7.27. The van der Waals surface area contributed by atoms with Crippen LogP contribution >= 0.6 is 11.6 Å². The molecule has 0 aliphatic carbocycles. The van der Waals surface area contributed by atoms with Crippen molar-refractivity contribution in [1.82, 2.24) is 14.7 Å². The van der Waals surface area contributed by atoms with Gasteiger partial charge >= 0.3 is 0 Å². The molecular weight excluding hydrogens is 360 g/mol. The van der Waals surface area contributed by atoms with Crippen LogP contribution in [0, 0.1) is 6.92 Å². The zero-order chi connectivity index (χ0) is 18.0. The molecule has 6 nitrogen and oxygen atoms in total. The number of hydrogen-bond donors (Lipinski definition) is 1. The predicted octanol–water partition coefficient (Wildman–Crippen LogP) is 2.62. The van der Waals surface area contributed by atoms with Crippen LogP contribution in [0.25, 0.3) is 11.3 Å². The van der Waals surface area contributed by atoms with Gasteiger partial charge in [0.1, 0.15) is 5.82 Å². The number of pyridine rings is 2. The normalized spacial score (nSPS) is 16.2. The van der Waals surface area contributed by atoms with E-state index in [-0.39, 0.29) is 6.04 Å². The summed E-state index contributed by atoms with van der Waals surface area (Å²) in [6, 6.07) is 5.84. The molecule has 0 saturated carbocycles. The van der Waals surface area contributed by atoms with Crippen molar-refractivity contribution in [3.8, 4) is 11.3 Å². The lowest BCUT2D eigenvalue weighted by atomic mass is 10.0. The van der Waals surface area contributed by atoms with Crippen LogP contribution < -0.4 is 9.62 Å². The summed E-state index contributed by atoms with van der Waals surface area (Å²) in [5, 5.41) is 0.569. The van der Waals surface area contributed by atoms with E-state index in [2.05, 4.69) is 19.6 Å². The molecule has 3 heterocycles. The second-order valence-electron chi connectivity index (χ2n) is 6.34. The number of hydrogen-bond acceptors (Lipinski definition) is 5. The quantitative estimate of drug-likeness (QED) is 0.882.